The van der Waals surface area contributed by atoms with Crippen LogP contribution in [0.3, 0.4) is 0 Å². The van der Waals surface area contributed by atoms with Crippen molar-refractivity contribution in [3.05, 3.63) is 51.4 Å². The summed E-state index contributed by atoms with van der Waals surface area (Å²) in [6.45, 7) is 0. The molecule has 0 spiro atoms. The third-order valence-electron chi connectivity index (χ3n) is 1.38. The van der Waals surface area contributed by atoms with Crippen molar-refractivity contribution in [2.24, 2.45) is 5.73 Å². The number of nitrogens with zero attached hydrogens (tertiary/aromatic N) is 1. The van der Waals surface area contributed by atoms with Gasteiger partial charge < -0.3 is 5.73 Å². The van der Waals surface area contributed by atoms with Gasteiger partial charge in [0.1, 0.15) is 0 Å². The monoisotopic (exact) mass is 284 g/mol. The van der Waals surface area contributed by atoms with E-state index in [2.05, 4.69) is 20.9 Å². The number of pyridine rings is 1. The van der Waals surface area contributed by atoms with Gasteiger partial charge in [0.05, 0.1) is 8.66 Å². The molecule has 78 valence electrons. The molecule has 0 aliphatic carbocycles. The van der Waals surface area contributed by atoms with E-state index in [-0.39, 0.29) is 5.91 Å². The standard InChI is InChI=1S/C5H4BrNOS.C5H5N/c6-4-2-1-3(9-4)5(7)8;1-2-4-6-5-3-1/h1-2H,(H2,7,8);1-5H. The van der Waals surface area contributed by atoms with E-state index in [1.54, 1.807) is 24.5 Å². The number of nitrogens with two attached hydrogens (primary N) is 1. The van der Waals surface area contributed by atoms with Crippen LogP contribution in [-0.4, -0.2) is 10.9 Å². The first-order valence-electron chi connectivity index (χ1n) is 4.10. The van der Waals surface area contributed by atoms with Crippen molar-refractivity contribution < 1.29 is 4.79 Å². The Labute approximate surface area is 100 Å². The molecular weight excluding hydrogens is 276 g/mol. The molecule has 0 aromatic carbocycles. The maximum atomic E-state index is 10.4. The van der Waals surface area contributed by atoms with Gasteiger partial charge in [-0.25, -0.2) is 0 Å². The Morgan fingerprint density at radius 2 is 1.93 bits per heavy atom. The molecule has 0 saturated heterocycles. The molecule has 0 unspecified atom stereocenters. The number of carbonyl (C=O) groups excluding carboxylic acids is 1. The van der Waals surface area contributed by atoms with Crippen LogP contribution >= 0.6 is 27.3 Å². The second-order valence-corrected chi connectivity index (χ2v) is 4.96. The number of hydrogen-bond acceptors (Lipinski definition) is 3. The molecule has 2 aromatic rings. The molecular formula is C10H9BrN2OS. The summed E-state index contributed by atoms with van der Waals surface area (Å²) in [4.78, 5) is 14.8. The number of hydrogen-bond donors (Lipinski definition) is 1. The SMILES string of the molecule is NC(=O)c1ccc(Br)s1.c1ccncc1. The second-order valence-electron chi connectivity index (χ2n) is 2.49. The summed E-state index contributed by atoms with van der Waals surface area (Å²) in [7, 11) is 0. The quantitative estimate of drug-likeness (QED) is 0.875. The van der Waals surface area contributed by atoms with E-state index in [9.17, 15) is 4.79 Å². The number of aromatic nitrogens is 1. The lowest BCUT2D eigenvalue weighted by Gasteiger charge is -1.81. The Hall–Kier alpha value is -1.20. The summed E-state index contributed by atoms with van der Waals surface area (Å²) in [5, 5.41) is 0. The van der Waals surface area contributed by atoms with Crippen LogP contribution in [0.5, 0.6) is 0 Å². The summed E-state index contributed by atoms with van der Waals surface area (Å²) in [5.41, 5.74) is 4.98. The average Bonchev–Trinajstić information content (AvgIpc) is 2.69. The number of thiophene rings is 1. The van der Waals surface area contributed by atoms with Crippen molar-refractivity contribution in [2.45, 2.75) is 0 Å². The molecule has 2 aromatic heterocycles. The van der Waals surface area contributed by atoms with Crippen LogP contribution in [0.2, 0.25) is 0 Å². The van der Waals surface area contributed by atoms with Crippen molar-refractivity contribution in [3.8, 4) is 0 Å². The van der Waals surface area contributed by atoms with Crippen molar-refractivity contribution >= 4 is 33.2 Å². The van der Waals surface area contributed by atoms with Crippen molar-refractivity contribution in [3.63, 3.8) is 0 Å². The minimum atomic E-state index is -0.370. The lowest BCUT2D eigenvalue weighted by atomic mass is 10.5. The van der Waals surface area contributed by atoms with Crippen LogP contribution in [0.25, 0.3) is 0 Å². The highest BCUT2D eigenvalue weighted by atomic mass is 79.9. The van der Waals surface area contributed by atoms with E-state index in [0.717, 1.165) is 3.79 Å². The molecule has 15 heavy (non-hydrogen) atoms. The third kappa shape index (κ3) is 4.71. The minimum absolute atomic E-state index is 0.370. The van der Waals surface area contributed by atoms with Gasteiger partial charge in [0.15, 0.2) is 0 Å². The Balaban J connectivity index is 0.000000162. The minimum Gasteiger partial charge on any atom is -0.365 e. The predicted molar refractivity (Wildman–Crippen MR) is 64.8 cm³/mol. The van der Waals surface area contributed by atoms with Crippen molar-refractivity contribution in [1.29, 1.82) is 0 Å². The molecule has 1 amide bonds. The maximum absolute atomic E-state index is 10.4. The van der Waals surface area contributed by atoms with Gasteiger partial charge in [-0.05, 0) is 40.2 Å². The first-order valence-corrected chi connectivity index (χ1v) is 5.71. The summed E-state index contributed by atoms with van der Waals surface area (Å²) in [6, 6.07) is 9.20. The van der Waals surface area contributed by atoms with E-state index in [4.69, 9.17) is 5.73 Å². The lowest BCUT2D eigenvalue weighted by Crippen LogP contribution is -2.07. The van der Waals surface area contributed by atoms with Gasteiger partial charge in [-0.2, -0.15) is 0 Å². The number of amides is 1. The smallest absolute Gasteiger partial charge is 0.258 e. The number of carbonyl (C=O) groups is 1. The molecule has 0 aliphatic rings. The highest BCUT2D eigenvalue weighted by Crippen LogP contribution is 2.21. The molecule has 0 saturated carbocycles. The van der Waals surface area contributed by atoms with E-state index in [0.29, 0.717) is 4.88 Å². The predicted octanol–water partition coefficient (Wildman–Crippen LogP) is 2.69. The molecule has 3 nitrogen and oxygen atoms in total. The Morgan fingerprint density at radius 3 is 2.13 bits per heavy atom. The topological polar surface area (TPSA) is 56.0 Å². The normalized spacial score (nSPS) is 8.87. The maximum Gasteiger partial charge on any atom is 0.258 e. The first-order chi connectivity index (χ1) is 7.20. The van der Waals surface area contributed by atoms with Gasteiger partial charge in [-0.1, -0.05) is 6.07 Å². The summed E-state index contributed by atoms with van der Waals surface area (Å²) in [5.74, 6) is -0.370. The number of halogens is 1. The molecule has 2 N–H and O–H groups in total. The van der Waals surface area contributed by atoms with E-state index in [1.807, 2.05) is 18.2 Å². The van der Waals surface area contributed by atoms with Gasteiger partial charge in [0, 0.05) is 12.4 Å². The third-order valence-corrected chi connectivity index (χ3v) is 3.02. The molecule has 5 heteroatoms. The Kier molecular flexibility index (Phi) is 5.00. The van der Waals surface area contributed by atoms with Crippen LogP contribution in [-0.2, 0) is 0 Å². The van der Waals surface area contributed by atoms with Crippen molar-refractivity contribution in [2.75, 3.05) is 0 Å². The summed E-state index contributed by atoms with van der Waals surface area (Å²) in [6.07, 6.45) is 3.50. The summed E-state index contributed by atoms with van der Waals surface area (Å²) >= 11 is 4.55. The lowest BCUT2D eigenvalue weighted by molar-refractivity contribution is 0.100. The van der Waals surface area contributed by atoms with Gasteiger partial charge in [0.25, 0.3) is 5.91 Å². The second kappa shape index (κ2) is 6.31. The molecule has 2 rings (SSSR count). The van der Waals surface area contributed by atoms with Gasteiger partial charge in [0.2, 0.25) is 0 Å². The molecule has 0 bridgehead atoms. The highest BCUT2D eigenvalue weighted by molar-refractivity contribution is 9.11. The van der Waals surface area contributed by atoms with E-state index >= 15 is 0 Å². The Morgan fingerprint density at radius 1 is 1.27 bits per heavy atom. The van der Waals surface area contributed by atoms with E-state index < -0.39 is 0 Å². The van der Waals surface area contributed by atoms with Gasteiger partial charge >= 0.3 is 0 Å². The molecule has 0 radical (unpaired) electrons. The van der Waals surface area contributed by atoms with Crippen LogP contribution < -0.4 is 5.73 Å². The van der Waals surface area contributed by atoms with Crippen molar-refractivity contribution in [1.82, 2.24) is 4.98 Å². The molecule has 0 atom stereocenters. The largest absolute Gasteiger partial charge is 0.365 e. The fourth-order valence-corrected chi connectivity index (χ4v) is 2.00. The van der Waals surface area contributed by atoms with Crippen LogP contribution in [0.15, 0.2) is 46.5 Å². The Bertz CT molecular complexity index is 390. The van der Waals surface area contributed by atoms with Crippen LogP contribution in [0, 0.1) is 0 Å². The summed E-state index contributed by atoms with van der Waals surface area (Å²) < 4.78 is 0.927. The first kappa shape index (κ1) is 11.9. The zero-order valence-electron chi connectivity index (χ0n) is 7.76. The van der Waals surface area contributed by atoms with E-state index in [1.165, 1.54) is 11.3 Å². The fraction of sp³-hybridized carbons (Fsp3) is 0. The molecule has 0 aliphatic heterocycles. The zero-order chi connectivity index (χ0) is 11.1. The zero-order valence-corrected chi connectivity index (χ0v) is 10.2. The fourth-order valence-electron chi connectivity index (χ4n) is 0.759. The molecule has 2 heterocycles. The highest BCUT2D eigenvalue weighted by Gasteiger charge is 2.01. The molecule has 0 fully saturated rings. The number of rotatable bonds is 1. The van der Waals surface area contributed by atoms with Gasteiger partial charge in [-0.15, -0.1) is 11.3 Å². The average molecular weight is 285 g/mol. The van der Waals surface area contributed by atoms with Crippen LogP contribution in [0.4, 0.5) is 0 Å². The number of primary amides is 1. The van der Waals surface area contributed by atoms with Crippen LogP contribution in [0.1, 0.15) is 9.67 Å². The van der Waals surface area contributed by atoms with Gasteiger partial charge in [-0.3, -0.25) is 9.78 Å².